The summed E-state index contributed by atoms with van der Waals surface area (Å²) < 4.78 is 8.19. The van der Waals surface area contributed by atoms with Gasteiger partial charge in [-0.05, 0) is 60.9 Å². The summed E-state index contributed by atoms with van der Waals surface area (Å²) in [6.07, 6.45) is 6.36. The van der Waals surface area contributed by atoms with Gasteiger partial charge in [-0.25, -0.2) is 0 Å². The second-order valence-electron chi connectivity index (χ2n) is 7.21. The summed E-state index contributed by atoms with van der Waals surface area (Å²) in [4.78, 5) is 0. The van der Waals surface area contributed by atoms with Crippen LogP contribution >= 0.6 is 31.9 Å². The highest BCUT2D eigenvalue weighted by atomic mass is 79.9. The molecule has 0 amide bonds. The molecule has 0 heterocycles. The Morgan fingerprint density at radius 2 is 1.64 bits per heavy atom. The summed E-state index contributed by atoms with van der Waals surface area (Å²) in [6, 6.07) is 14.6. The van der Waals surface area contributed by atoms with Crippen LogP contribution in [-0.2, 0) is 12.0 Å². The zero-order chi connectivity index (χ0) is 18.3. The summed E-state index contributed by atoms with van der Waals surface area (Å²) in [7, 11) is 0. The van der Waals surface area contributed by atoms with Crippen LogP contribution in [0.4, 0.5) is 0 Å². The first-order valence-electron chi connectivity index (χ1n) is 9.11. The monoisotopic (exact) mass is 466 g/mol. The lowest BCUT2D eigenvalue weighted by atomic mass is 9.80. The third kappa shape index (κ3) is 5.86. The minimum atomic E-state index is 0.123. The van der Waals surface area contributed by atoms with E-state index in [9.17, 15) is 0 Å². The Labute approximate surface area is 169 Å². The van der Waals surface area contributed by atoms with Crippen LogP contribution in [-0.4, -0.2) is 0 Å². The van der Waals surface area contributed by atoms with E-state index in [4.69, 9.17) is 4.74 Å². The summed E-state index contributed by atoms with van der Waals surface area (Å²) in [5.74, 6) is 0.892. The Morgan fingerprint density at radius 3 is 2.32 bits per heavy atom. The molecule has 0 radical (unpaired) electrons. The van der Waals surface area contributed by atoms with Crippen LogP contribution in [0.5, 0.6) is 5.75 Å². The van der Waals surface area contributed by atoms with Crippen molar-refractivity contribution >= 4 is 31.9 Å². The van der Waals surface area contributed by atoms with E-state index in [0.29, 0.717) is 6.61 Å². The maximum Gasteiger partial charge on any atom is 0.148 e. The predicted octanol–water partition coefficient (Wildman–Crippen LogP) is 8.04. The van der Waals surface area contributed by atoms with Crippen molar-refractivity contribution in [2.45, 2.75) is 64.9 Å². The summed E-state index contributed by atoms with van der Waals surface area (Å²) >= 11 is 7.45. The first kappa shape index (κ1) is 20.5. The highest BCUT2D eigenvalue weighted by Gasteiger charge is 2.25. The topological polar surface area (TPSA) is 9.23 Å². The van der Waals surface area contributed by atoms with Crippen LogP contribution in [0.3, 0.4) is 0 Å². The van der Waals surface area contributed by atoms with Crippen LogP contribution in [0.2, 0.25) is 0 Å². The second kappa shape index (κ2) is 9.78. The van der Waals surface area contributed by atoms with Crippen LogP contribution in [0.15, 0.2) is 51.4 Å². The number of hydrogen-bond acceptors (Lipinski definition) is 1. The van der Waals surface area contributed by atoms with Crippen molar-refractivity contribution in [1.29, 1.82) is 0 Å². The van der Waals surface area contributed by atoms with Crippen molar-refractivity contribution in [3.05, 3.63) is 62.5 Å². The van der Waals surface area contributed by atoms with Gasteiger partial charge in [-0.3, -0.25) is 0 Å². The molecule has 0 aromatic heterocycles. The van der Waals surface area contributed by atoms with Gasteiger partial charge < -0.3 is 4.74 Å². The number of halogens is 2. The predicted molar refractivity (Wildman–Crippen MR) is 114 cm³/mol. The normalized spacial score (nSPS) is 11.6. The first-order valence-corrected chi connectivity index (χ1v) is 10.7. The van der Waals surface area contributed by atoms with Gasteiger partial charge in [0, 0.05) is 0 Å². The fourth-order valence-corrected chi connectivity index (χ4v) is 4.75. The van der Waals surface area contributed by atoms with E-state index in [1.54, 1.807) is 0 Å². The van der Waals surface area contributed by atoms with E-state index < -0.39 is 0 Å². The molecule has 2 rings (SSSR count). The van der Waals surface area contributed by atoms with Crippen molar-refractivity contribution in [1.82, 2.24) is 0 Å². The van der Waals surface area contributed by atoms with Gasteiger partial charge in [-0.15, -0.1) is 0 Å². The molecule has 3 heteroatoms. The molecule has 0 N–H and O–H groups in total. The third-order valence-electron chi connectivity index (χ3n) is 4.66. The fourth-order valence-electron chi connectivity index (χ4n) is 3.05. The quantitative estimate of drug-likeness (QED) is 0.339. The summed E-state index contributed by atoms with van der Waals surface area (Å²) in [6.45, 7) is 7.48. The molecular formula is C22H28Br2O. The molecule has 0 fully saturated rings. The third-order valence-corrected chi connectivity index (χ3v) is 6.07. The number of unbranched alkanes of at least 4 members (excludes halogenated alkanes) is 3. The van der Waals surface area contributed by atoms with Gasteiger partial charge >= 0.3 is 0 Å². The number of rotatable bonds is 9. The van der Waals surface area contributed by atoms with E-state index in [0.717, 1.165) is 14.7 Å². The Bertz CT molecular complexity index is 665. The minimum absolute atomic E-state index is 0.123. The van der Waals surface area contributed by atoms with Crippen molar-refractivity contribution in [3.8, 4) is 5.75 Å². The van der Waals surface area contributed by atoms with Crippen molar-refractivity contribution < 1.29 is 4.74 Å². The smallest absolute Gasteiger partial charge is 0.148 e. The van der Waals surface area contributed by atoms with Gasteiger partial charge in [0.2, 0.25) is 0 Å². The molecule has 0 aliphatic carbocycles. The van der Waals surface area contributed by atoms with Gasteiger partial charge in [0.15, 0.2) is 0 Å². The zero-order valence-electron chi connectivity index (χ0n) is 15.4. The fraction of sp³-hybridized carbons (Fsp3) is 0.455. The molecule has 0 atom stereocenters. The minimum Gasteiger partial charge on any atom is -0.487 e. The molecule has 2 aromatic rings. The average Bonchev–Trinajstić information content (AvgIpc) is 2.59. The highest BCUT2D eigenvalue weighted by Crippen LogP contribution is 2.43. The zero-order valence-corrected chi connectivity index (χ0v) is 18.6. The van der Waals surface area contributed by atoms with E-state index >= 15 is 0 Å². The van der Waals surface area contributed by atoms with Crippen molar-refractivity contribution in [2.75, 3.05) is 0 Å². The molecule has 0 saturated carbocycles. The van der Waals surface area contributed by atoms with E-state index in [2.05, 4.69) is 76.9 Å². The Balaban J connectivity index is 2.14. The Kier molecular flexibility index (Phi) is 8.02. The molecule has 0 spiro atoms. The van der Waals surface area contributed by atoms with Crippen molar-refractivity contribution in [3.63, 3.8) is 0 Å². The van der Waals surface area contributed by atoms with Crippen LogP contribution < -0.4 is 4.74 Å². The first-order chi connectivity index (χ1) is 12.0. The number of ether oxygens (including phenoxy) is 1. The van der Waals surface area contributed by atoms with Crippen molar-refractivity contribution in [2.24, 2.45) is 0 Å². The molecule has 0 aliphatic heterocycles. The summed E-state index contributed by atoms with van der Waals surface area (Å²) in [5, 5.41) is 0. The lowest BCUT2D eigenvalue weighted by molar-refractivity contribution is 0.300. The van der Waals surface area contributed by atoms with Crippen LogP contribution in [0, 0.1) is 0 Å². The van der Waals surface area contributed by atoms with Crippen LogP contribution in [0.25, 0.3) is 0 Å². The lowest BCUT2D eigenvalue weighted by Crippen LogP contribution is -2.18. The summed E-state index contributed by atoms with van der Waals surface area (Å²) in [5.41, 5.74) is 2.61. The molecule has 25 heavy (non-hydrogen) atoms. The molecular weight excluding hydrogens is 440 g/mol. The van der Waals surface area contributed by atoms with E-state index in [1.165, 1.54) is 43.2 Å². The van der Waals surface area contributed by atoms with Gasteiger partial charge in [0.1, 0.15) is 12.4 Å². The average molecular weight is 468 g/mol. The van der Waals surface area contributed by atoms with Gasteiger partial charge in [-0.1, -0.05) is 82.9 Å². The molecule has 0 bridgehead atoms. The largest absolute Gasteiger partial charge is 0.487 e. The van der Waals surface area contributed by atoms with Crippen LogP contribution in [0.1, 0.15) is 64.0 Å². The van der Waals surface area contributed by atoms with E-state index in [-0.39, 0.29) is 5.41 Å². The van der Waals surface area contributed by atoms with Gasteiger partial charge in [0.25, 0.3) is 0 Å². The second-order valence-corrected chi connectivity index (χ2v) is 8.85. The molecule has 0 saturated heterocycles. The maximum absolute atomic E-state index is 6.14. The highest BCUT2D eigenvalue weighted by molar-refractivity contribution is 9.11. The Morgan fingerprint density at radius 1 is 0.920 bits per heavy atom. The molecule has 0 aliphatic rings. The maximum atomic E-state index is 6.14. The van der Waals surface area contributed by atoms with E-state index in [1.807, 2.05) is 18.2 Å². The molecule has 1 nitrogen and oxygen atoms in total. The number of hydrogen-bond donors (Lipinski definition) is 0. The standard InChI is InChI=1S/C22H28Br2O/c1-4-5-6-10-15-22(2,3)18-13-14-19(23)21(20(18)24)25-16-17-11-8-7-9-12-17/h7-9,11-14H,4-6,10,15-16H2,1-3H3. The van der Waals surface area contributed by atoms with Gasteiger partial charge in [0.05, 0.1) is 8.95 Å². The molecule has 0 unspecified atom stereocenters. The molecule has 136 valence electrons. The molecule has 2 aromatic carbocycles. The Hall–Kier alpha value is -0.800. The van der Waals surface area contributed by atoms with Gasteiger partial charge in [-0.2, -0.15) is 0 Å². The number of benzene rings is 2. The SMILES string of the molecule is CCCCCCC(C)(C)c1ccc(Br)c(OCc2ccccc2)c1Br. The lowest BCUT2D eigenvalue weighted by Gasteiger charge is -2.28.